The molecule has 0 heteroatoms. The van der Waals surface area contributed by atoms with Crippen molar-refractivity contribution in [1.29, 1.82) is 0 Å². The summed E-state index contributed by atoms with van der Waals surface area (Å²) in [4.78, 5) is 0. The second-order valence-corrected chi connectivity index (χ2v) is 6.27. The van der Waals surface area contributed by atoms with Crippen LogP contribution in [0.15, 0.2) is 133 Å². The lowest BCUT2D eigenvalue weighted by molar-refractivity contribution is 1.59. The smallest absolute Gasteiger partial charge is 0.0184 e. The molecule has 0 saturated heterocycles. The first kappa shape index (κ1) is 16.1. The predicted molar refractivity (Wildman–Crippen MR) is 112 cm³/mol. The summed E-state index contributed by atoms with van der Waals surface area (Å²) in [6, 6.07) is 29.6. The summed E-state index contributed by atoms with van der Waals surface area (Å²) in [6.07, 6.45) is 12.6. The quantitative estimate of drug-likeness (QED) is 0.474. The Bertz CT molecular complexity index is 898. The van der Waals surface area contributed by atoms with Gasteiger partial charge in [0.1, 0.15) is 0 Å². The molecular weight excluding hydrogens is 312 g/mol. The molecule has 3 aromatic rings. The standard InChI is InChI=1S/C18H14.C8H6/c1-3-7-15(8-4-1)17-11-13-18(14-12-17)16-9-5-2-6-10-16;1-3-7-5-2-6-8(7)4-1/h1-14H;1-6H. The fourth-order valence-electron chi connectivity index (χ4n) is 3.12. The summed E-state index contributed by atoms with van der Waals surface area (Å²) < 4.78 is 0. The number of rotatable bonds is 2. The minimum atomic E-state index is 1.26. The van der Waals surface area contributed by atoms with Gasteiger partial charge in [-0.2, -0.15) is 0 Å². The van der Waals surface area contributed by atoms with Gasteiger partial charge in [-0.15, -0.1) is 0 Å². The van der Waals surface area contributed by atoms with E-state index in [1.807, 2.05) is 12.1 Å². The van der Waals surface area contributed by atoms with Gasteiger partial charge in [0.05, 0.1) is 0 Å². The maximum absolute atomic E-state index is 2.18. The van der Waals surface area contributed by atoms with E-state index in [2.05, 4.69) is 109 Å². The Hall–Kier alpha value is -3.38. The summed E-state index contributed by atoms with van der Waals surface area (Å²) in [7, 11) is 0. The third kappa shape index (κ3) is 3.65. The highest BCUT2D eigenvalue weighted by atomic mass is 14.1. The highest BCUT2D eigenvalue weighted by molar-refractivity contribution is 5.70. The molecule has 0 N–H and O–H groups in total. The molecule has 124 valence electrons. The lowest BCUT2D eigenvalue weighted by Crippen LogP contribution is -1.79. The van der Waals surface area contributed by atoms with E-state index in [1.165, 1.54) is 33.4 Å². The molecule has 0 spiro atoms. The van der Waals surface area contributed by atoms with Crippen LogP contribution in [0.25, 0.3) is 22.3 Å². The van der Waals surface area contributed by atoms with E-state index < -0.39 is 0 Å². The minimum Gasteiger partial charge on any atom is -0.0622 e. The minimum absolute atomic E-state index is 1.26. The van der Waals surface area contributed by atoms with Crippen LogP contribution in [0, 0.1) is 0 Å². The van der Waals surface area contributed by atoms with Crippen LogP contribution in [-0.4, -0.2) is 0 Å². The van der Waals surface area contributed by atoms with E-state index in [4.69, 9.17) is 0 Å². The number of allylic oxidation sites excluding steroid dienone is 8. The Morgan fingerprint density at radius 1 is 0.346 bits per heavy atom. The van der Waals surface area contributed by atoms with E-state index >= 15 is 0 Å². The molecule has 2 aliphatic carbocycles. The van der Waals surface area contributed by atoms with Gasteiger partial charge in [0.25, 0.3) is 0 Å². The normalized spacial score (nSPS) is 13.5. The predicted octanol–water partition coefficient (Wildman–Crippen LogP) is 7.00. The van der Waals surface area contributed by atoms with Crippen LogP contribution in [0.2, 0.25) is 0 Å². The van der Waals surface area contributed by atoms with Gasteiger partial charge < -0.3 is 0 Å². The second kappa shape index (κ2) is 7.67. The monoisotopic (exact) mass is 332 g/mol. The lowest BCUT2D eigenvalue weighted by atomic mass is 10.0. The van der Waals surface area contributed by atoms with Crippen molar-refractivity contribution in [3.8, 4) is 22.3 Å². The highest BCUT2D eigenvalue weighted by Crippen LogP contribution is 2.25. The molecule has 0 fully saturated rings. The van der Waals surface area contributed by atoms with Gasteiger partial charge in [0.2, 0.25) is 0 Å². The molecule has 0 aromatic heterocycles. The number of hydrogen-bond acceptors (Lipinski definition) is 0. The Morgan fingerprint density at radius 3 is 1.08 bits per heavy atom. The maximum atomic E-state index is 2.18. The average molecular weight is 332 g/mol. The SMILES string of the molecule is C1=CC2=CC=CC2=C1.c1ccc(-c2ccc(-c3ccccc3)cc2)cc1. The van der Waals surface area contributed by atoms with Crippen molar-refractivity contribution < 1.29 is 0 Å². The van der Waals surface area contributed by atoms with Crippen LogP contribution in [0.1, 0.15) is 0 Å². The molecule has 0 atom stereocenters. The molecule has 26 heavy (non-hydrogen) atoms. The largest absolute Gasteiger partial charge is 0.0622 e. The van der Waals surface area contributed by atoms with Crippen molar-refractivity contribution in [3.05, 3.63) is 133 Å². The second-order valence-electron chi connectivity index (χ2n) is 6.27. The third-order valence-electron chi connectivity index (χ3n) is 4.54. The first-order valence-corrected chi connectivity index (χ1v) is 8.88. The highest BCUT2D eigenvalue weighted by Gasteiger charge is 2.04. The molecule has 0 unspecified atom stereocenters. The molecule has 3 aromatic carbocycles. The van der Waals surface area contributed by atoms with Gasteiger partial charge in [0.15, 0.2) is 0 Å². The van der Waals surface area contributed by atoms with Crippen molar-refractivity contribution in [3.63, 3.8) is 0 Å². The zero-order valence-electron chi connectivity index (χ0n) is 14.5. The Balaban J connectivity index is 0.000000174. The molecule has 0 radical (unpaired) electrons. The molecule has 5 rings (SSSR count). The van der Waals surface area contributed by atoms with Gasteiger partial charge >= 0.3 is 0 Å². The maximum Gasteiger partial charge on any atom is -0.0184 e. The zero-order chi connectivity index (χ0) is 17.6. The van der Waals surface area contributed by atoms with Crippen LogP contribution in [0.5, 0.6) is 0 Å². The Labute approximate surface area is 155 Å². The first-order valence-electron chi connectivity index (χ1n) is 8.88. The summed E-state index contributed by atoms with van der Waals surface area (Å²) in [5.74, 6) is 0. The van der Waals surface area contributed by atoms with Crippen molar-refractivity contribution in [2.75, 3.05) is 0 Å². The molecule has 0 nitrogen and oxygen atoms in total. The van der Waals surface area contributed by atoms with Crippen LogP contribution < -0.4 is 0 Å². The third-order valence-corrected chi connectivity index (χ3v) is 4.54. The molecule has 0 bridgehead atoms. The summed E-state index contributed by atoms with van der Waals surface area (Å²) in [6.45, 7) is 0. The molecule has 0 heterocycles. The van der Waals surface area contributed by atoms with Crippen molar-refractivity contribution in [1.82, 2.24) is 0 Å². The first-order chi connectivity index (χ1) is 12.9. The number of hydrogen-bond donors (Lipinski definition) is 0. The Morgan fingerprint density at radius 2 is 0.692 bits per heavy atom. The van der Waals surface area contributed by atoms with Crippen LogP contribution in [-0.2, 0) is 0 Å². The fraction of sp³-hybridized carbons (Fsp3) is 0. The van der Waals surface area contributed by atoms with E-state index in [0.717, 1.165) is 0 Å². The van der Waals surface area contributed by atoms with Gasteiger partial charge in [-0.3, -0.25) is 0 Å². The van der Waals surface area contributed by atoms with E-state index in [1.54, 1.807) is 0 Å². The molecule has 2 aliphatic rings. The van der Waals surface area contributed by atoms with Gasteiger partial charge in [-0.05, 0) is 33.4 Å². The van der Waals surface area contributed by atoms with Gasteiger partial charge in [-0.25, -0.2) is 0 Å². The lowest BCUT2D eigenvalue weighted by Gasteiger charge is -2.04. The van der Waals surface area contributed by atoms with Crippen molar-refractivity contribution in [2.45, 2.75) is 0 Å². The van der Waals surface area contributed by atoms with Gasteiger partial charge in [-0.1, -0.05) is 121 Å². The molecule has 0 saturated carbocycles. The zero-order valence-corrected chi connectivity index (χ0v) is 14.5. The van der Waals surface area contributed by atoms with Crippen molar-refractivity contribution >= 4 is 0 Å². The van der Waals surface area contributed by atoms with E-state index in [9.17, 15) is 0 Å². The van der Waals surface area contributed by atoms with E-state index in [0.29, 0.717) is 0 Å². The number of fused-ring (bicyclic) bond motifs is 1. The number of benzene rings is 3. The fourth-order valence-corrected chi connectivity index (χ4v) is 3.12. The summed E-state index contributed by atoms with van der Waals surface area (Å²) >= 11 is 0. The van der Waals surface area contributed by atoms with Gasteiger partial charge in [0, 0.05) is 0 Å². The van der Waals surface area contributed by atoms with Crippen molar-refractivity contribution in [2.24, 2.45) is 0 Å². The molecule has 0 amide bonds. The van der Waals surface area contributed by atoms with Crippen LogP contribution >= 0.6 is 0 Å². The summed E-state index contributed by atoms with van der Waals surface area (Å²) in [5.41, 5.74) is 7.75. The van der Waals surface area contributed by atoms with Crippen LogP contribution in [0.4, 0.5) is 0 Å². The van der Waals surface area contributed by atoms with Crippen LogP contribution in [0.3, 0.4) is 0 Å². The Kier molecular flexibility index (Phi) is 4.75. The van der Waals surface area contributed by atoms with E-state index in [-0.39, 0.29) is 0 Å². The molecular formula is C26H20. The average Bonchev–Trinajstić information content (AvgIpc) is 3.35. The topological polar surface area (TPSA) is 0 Å². The molecule has 0 aliphatic heterocycles. The summed E-state index contributed by atoms with van der Waals surface area (Å²) in [5, 5.41) is 0.